The Morgan fingerprint density at radius 1 is 1.30 bits per heavy atom. The Morgan fingerprint density at radius 3 is 2.53 bits per heavy atom. The maximum Gasteiger partial charge on any atom is 0.400 e. The lowest BCUT2D eigenvalue weighted by atomic mass is 9.81. The van der Waals surface area contributed by atoms with Crippen LogP contribution in [0.5, 0.6) is 0 Å². The van der Waals surface area contributed by atoms with Crippen LogP contribution in [0.25, 0.3) is 22.2 Å². The summed E-state index contributed by atoms with van der Waals surface area (Å²) in [5.74, 6) is -0.863. The van der Waals surface area contributed by atoms with Crippen LogP contribution in [-0.2, 0) is 5.41 Å². The number of carbonyl (C=O) groups is 1. The summed E-state index contributed by atoms with van der Waals surface area (Å²) in [5, 5.41) is 9.23. The molecule has 0 radical (unpaired) electrons. The first kappa shape index (κ1) is 21.8. The third kappa shape index (κ3) is 3.44. The van der Waals surface area contributed by atoms with Crippen LogP contribution in [0.4, 0.5) is 13.2 Å². The number of aliphatic hydroxyl groups excluding tert-OH is 1. The molecule has 1 aromatic carbocycles. The fourth-order valence-corrected chi connectivity index (χ4v) is 3.63. The van der Waals surface area contributed by atoms with Crippen molar-refractivity contribution in [2.24, 2.45) is 5.73 Å². The van der Waals surface area contributed by atoms with Gasteiger partial charge >= 0.3 is 6.18 Å². The van der Waals surface area contributed by atoms with Crippen molar-refractivity contribution in [3.05, 3.63) is 62.5 Å². The van der Waals surface area contributed by atoms with Crippen LogP contribution in [0, 0.1) is 6.92 Å². The number of nitrogens with two attached hydrogens (primary N) is 1. The van der Waals surface area contributed by atoms with E-state index in [1.54, 1.807) is 6.92 Å². The Bertz CT molecular complexity index is 1220. The second kappa shape index (κ2) is 7.41. The molecule has 2 heterocycles. The molecule has 1 amide bonds. The number of H-pyrrole nitrogens is 1. The topological polar surface area (TPSA) is 109 Å². The number of carbonyl (C=O) groups excluding carboxylic acids is 1. The van der Waals surface area contributed by atoms with Crippen molar-refractivity contribution in [3.8, 4) is 11.3 Å². The number of aromatic amines is 1. The van der Waals surface area contributed by atoms with Gasteiger partial charge in [0.2, 0.25) is 0 Å². The summed E-state index contributed by atoms with van der Waals surface area (Å²) in [6, 6.07) is 5.22. The predicted molar refractivity (Wildman–Crippen MR) is 107 cm³/mol. The van der Waals surface area contributed by atoms with E-state index in [1.165, 1.54) is 30.5 Å². The van der Waals surface area contributed by atoms with Crippen LogP contribution in [-0.4, -0.2) is 33.8 Å². The lowest BCUT2D eigenvalue weighted by Gasteiger charge is -2.32. The van der Waals surface area contributed by atoms with Crippen LogP contribution in [0.15, 0.2) is 35.3 Å². The molecular weight excluding hydrogens is 423 g/mol. The molecule has 0 aliphatic carbocycles. The number of fused-ring (bicyclic) bond motifs is 1. The van der Waals surface area contributed by atoms with Gasteiger partial charge in [0.1, 0.15) is 11.1 Å². The van der Waals surface area contributed by atoms with Crippen molar-refractivity contribution in [3.63, 3.8) is 0 Å². The molecule has 3 aromatic rings. The molecule has 158 valence electrons. The van der Waals surface area contributed by atoms with Crippen molar-refractivity contribution < 1.29 is 23.1 Å². The highest BCUT2D eigenvalue weighted by atomic mass is 35.5. The summed E-state index contributed by atoms with van der Waals surface area (Å²) in [7, 11) is 0. The molecule has 0 aliphatic rings. The molecule has 0 unspecified atom stereocenters. The Balaban J connectivity index is 2.23. The Kier molecular flexibility index (Phi) is 5.38. The Hall–Kier alpha value is -2.91. The number of aromatic nitrogens is 2. The van der Waals surface area contributed by atoms with Gasteiger partial charge in [-0.1, -0.05) is 17.7 Å². The minimum atomic E-state index is -4.73. The number of amides is 1. The van der Waals surface area contributed by atoms with E-state index in [4.69, 9.17) is 17.3 Å². The van der Waals surface area contributed by atoms with Crippen molar-refractivity contribution in [2.45, 2.75) is 25.4 Å². The van der Waals surface area contributed by atoms with Gasteiger partial charge in [0.15, 0.2) is 5.43 Å². The number of nitrogens with zero attached hydrogens (tertiary/aromatic N) is 1. The number of hydrogen-bond donors (Lipinski definition) is 3. The summed E-state index contributed by atoms with van der Waals surface area (Å²) in [6.45, 7) is 1.25. The van der Waals surface area contributed by atoms with Crippen molar-refractivity contribution in [2.75, 3.05) is 6.61 Å². The number of nitrogens with one attached hydrogen (secondary N) is 1. The highest BCUT2D eigenvalue weighted by molar-refractivity contribution is 6.31. The second-order valence-corrected chi connectivity index (χ2v) is 7.54. The van der Waals surface area contributed by atoms with Crippen LogP contribution < -0.4 is 11.2 Å². The molecule has 0 saturated carbocycles. The molecule has 30 heavy (non-hydrogen) atoms. The lowest BCUT2D eigenvalue weighted by Crippen LogP contribution is -2.43. The number of pyridine rings is 2. The number of hydrogen-bond acceptors (Lipinski definition) is 4. The van der Waals surface area contributed by atoms with E-state index in [-0.39, 0.29) is 32.9 Å². The molecule has 2 aromatic heterocycles. The van der Waals surface area contributed by atoms with E-state index < -0.39 is 29.5 Å². The monoisotopic (exact) mass is 439 g/mol. The van der Waals surface area contributed by atoms with Crippen LogP contribution >= 0.6 is 11.6 Å². The van der Waals surface area contributed by atoms with Crippen LogP contribution in [0.2, 0.25) is 5.02 Å². The summed E-state index contributed by atoms with van der Waals surface area (Å²) in [5.41, 5.74) is 3.09. The predicted octanol–water partition coefficient (Wildman–Crippen LogP) is 3.46. The zero-order chi connectivity index (χ0) is 22.4. The zero-order valence-electron chi connectivity index (χ0n) is 15.9. The van der Waals surface area contributed by atoms with E-state index in [0.717, 1.165) is 6.92 Å². The molecule has 0 fully saturated rings. The lowest BCUT2D eigenvalue weighted by molar-refractivity contribution is -0.195. The molecule has 3 rings (SSSR count). The van der Waals surface area contributed by atoms with Crippen molar-refractivity contribution in [1.82, 2.24) is 9.97 Å². The van der Waals surface area contributed by atoms with E-state index in [2.05, 4.69) is 9.97 Å². The van der Waals surface area contributed by atoms with Crippen LogP contribution in [0.1, 0.15) is 28.5 Å². The standard InChI is InChI=1S/C20H17ClF3N3O3/c1-9-5-11(19(2,8-28)20(22,23)24)12(21)6-10(9)14-7-15(29)16-13(27-14)3-4-26-17(16)18(25)30/h3-7,28H,8H2,1-2H3,(H2,25,30)(H,27,29)/t19-/m1/s1. The third-order valence-electron chi connectivity index (χ3n) is 5.12. The van der Waals surface area contributed by atoms with Gasteiger partial charge in [0.25, 0.3) is 5.91 Å². The quantitative estimate of drug-likeness (QED) is 0.578. The minimum absolute atomic E-state index is 0.0130. The average molecular weight is 440 g/mol. The molecule has 0 aliphatic heterocycles. The number of aryl methyl sites for hydroxylation is 1. The Morgan fingerprint density at radius 2 is 1.97 bits per heavy atom. The molecular formula is C20H17ClF3N3O3. The maximum absolute atomic E-state index is 13.5. The summed E-state index contributed by atoms with van der Waals surface area (Å²) >= 11 is 6.17. The fourth-order valence-electron chi connectivity index (χ4n) is 3.25. The normalized spacial score (nSPS) is 14.0. The van der Waals surface area contributed by atoms with E-state index in [1.807, 2.05) is 0 Å². The van der Waals surface area contributed by atoms with Gasteiger partial charge in [-0.15, -0.1) is 0 Å². The highest BCUT2D eigenvalue weighted by Crippen LogP contribution is 2.44. The fraction of sp³-hybridized carbons (Fsp3) is 0.250. The average Bonchev–Trinajstić information content (AvgIpc) is 2.67. The molecule has 0 spiro atoms. The first-order chi connectivity index (χ1) is 13.9. The zero-order valence-corrected chi connectivity index (χ0v) is 16.6. The van der Waals surface area contributed by atoms with Gasteiger partial charge < -0.3 is 15.8 Å². The molecule has 0 saturated heterocycles. The number of benzene rings is 1. The molecule has 1 atom stereocenters. The summed E-state index contributed by atoms with van der Waals surface area (Å²) < 4.78 is 40.6. The van der Waals surface area contributed by atoms with Gasteiger partial charge in [-0.25, -0.2) is 0 Å². The van der Waals surface area contributed by atoms with Crippen molar-refractivity contribution in [1.29, 1.82) is 0 Å². The Labute approximate surface area is 173 Å². The van der Waals surface area contributed by atoms with E-state index in [0.29, 0.717) is 11.1 Å². The largest absolute Gasteiger partial charge is 0.400 e. The molecule has 4 N–H and O–H groups in total. The number of rotatable bonds is 4. The smallest absolute Gasteiger partial charge is 0.395 e. The highest BCUT2D eigenvalue weighted by Gasteiger charge is 2.53. The number of aliphatic hydroxyl groups is 1. The number of primary amides is 1. The first-order valence-electron chi connectivity index (χ1n) is 8.71. The van der Waals surface area contributed by atoms with Gasteiger partial charge in [-0.3, -0.25) is 14.6 Å². The maximum atomic E-state index is 13.5. The van der Waals surface area contributed by atoms with Gasteiger partial charge in [-0.05, 0) is 37.1 Å². The van der Waals surface area contributed by atoms with Crippen LogP contribution in [0.3, 0.4) is 0 Å². The van der Waals surface area contributed by atoms with Gasteiger partial charge in [-0.2, -0.15) is 13.2 Å². The molecule has 0 bridgehead atoms. The van der Waals surface area contributed by atoms with Gasteiger partial charge in [0, 0.05) is 22.8 Å². The number of alkyl halides is 3. The van der Waals surface area contributed by atoms with E-state index in [9.17, 15) is 27.9 Å². The van der Waals surface area contributed by atoms with Gasteiger partial charge in [0.05, 0.1) is 23.2 Å². The minimum Gasteiger partial charge on any atom is -0.395 e. The number of halogens is 4. The SMILES string of the molecule is Cc1cc([C@@](C)(CO)C(F)(F)F)c(Cl)cc1-c1cc(=O)c2c(C(N)=O)nccc2[nH]1. The first-order valence-corrected chi connectivity index (χ1v) is 9.09. The summed E-state index contributed by atoms with van der Waals surface area (Å²) in [6.07, 6.45) is -3.42. The van der Waals surface area contributed by atoms with Crippen molar-refractivity contribution >= 4 is 28.4 Å². The third-order valence-corrected chi connectivity index (χ3v) is 5.43. The summed E-state index contributed by atoms with van der Waals surface area (Å²) in [4.78, 5) is 31.0. The molecule has 10 heteroatoms. The second-order valence-electron chi connectivity index (χ2n) is 7.13. The molecule has 6 nitrogen and oxygen atoms in total. The van der Waals surface area contributed by atoms with E-state index >= 15 is 0 Å².